The molecule has 0 aliphatic heterocycles. The number of benzene rings is 3. The summed E-state index contributed by atoms with van der Waals surface area (Å²) >= 11 is 22.0. The van der Waals surface area contributed by atoms with Gasteiger partial charge in [-0.25, -0.2) is 0 Å². The van der Waals surface area contributed by atoms with Crippen molar-refractivity contribution in [3.8, 4) is 0 Å². The summed E-state index contributed by atoms with van der Waals surface area (Å²) in [7, 11) is -2.48. The summed E-state index contributed by atoms with van der Waals surface area (Å²) in [5.41, 5.74) is 0. The Hall–Kier alpha value is 0.360. The van der Waals surface area contributed by atoms with Crippen LogP contribution in [0.2, 0.25) is 0 Å². The number of rotatable bonds is 5. The first-order valence-corrected chi connectivity index (χ1v) is 14.9. The zero-order valence-corrected chi connectivity index (χ0v) is 25.7. The molecule has 0 unspecified atom stereocenters. The molecule has 0 bridgehead atoms. The van der Waals surface area contributed by atoms with Gasteiger partial charge in [0.2, 0.25) is 0 Å². The summed E-state index contributed by atoms with van der Waals surface area (Å²) in [6.45, 7) is 1.80. The number of carbonyl (C=O) groups excluding carboxylic acids is 1. The van der Waals surface area contributed by atoms with Crippen molar-refractivity contribution in [1.29, 1.82) is 0 Å². The molecule has 0 aromatic heterocycles. The average molecular weight is 810 g/mol. The first kappa shape index (κ1) is 25.0. The monoisotopic (exact) mass is 804 g/mol. The van der Waals surface area contributed by atoms with Crippen molar-refractivity contribution in [3.63, 3.8) is 0 Å². The van der Waals surface area contributed by atoms with E-state index >= 15 is 0 Å². The van der Waals surface area contributed by atoms with E-state index in [0.29, 0.717) is 0 Å². The Labute approximate surface area is 227 Å². The van der Waals surface area contributed by atoms with E-state index in [4.69, 9.17) is 4.18 Å². The lowest BCUT2D eigenvalue weighted by Crippen LogP contribution is -2.15. The molecule has 30 heavy (non-hydrogen) atoms. The van der Waals surface area contributed by atoms with Gasteiger partial charge in [-0.2, -0.15) is 0 Å². The van der Waals surface area contributed by atoms with Gasteiger partial charge in [-0.3, -0.25) is 4.79 Å². The molecule has 0 spiro atoms. The quantitative estimate of drug-likeness (QED) is 0.257. The van der Waals surface area contributed by atoms with Crippen LogP contribution >= 0.6 is 106 Å². The fourth-order valence-corrected chi connectivity index (χ4v) is 13.3. The maximum absolute atomic E-state index is 12.8. The molecule has 3 rings (SSSR count). The molecule has 0 aliphatic rings. The van der Waals surface area contributed by atoms with Crippen molar-refractivity contribution in [2.24, 2.45) is 0 Å². The topological polar surface area (TPSA) is 26.3 Å². The standard InChI is InChI=1S/C21H14Br6O2S/c1-2-19(28)29-30(14-6-4-3-5-7-14,20-15(24)8-12(22)9-16(20)25)21-17(26)10-13(23)11-18(21)27/h3-11H,2H2,1H3. The van der Waals surface area contributed by atoms with Crippen molar-refractivity contribution in [1.82, 2.24) is 0 Å². The minimum atomic E-state index is -2.48. The molecule has 0 aliphatic carbocycles. The lowest BCUT2D eigenvalue weighted by molar-refractivity contribution is -0.133. The van der Waals surface area contributed by atoms with Gasteiger partial charge in [-0.1, -0.05) is 57.0 Å². The van der Waals surface area contributed by atoms with Crippen LogP contribution < -0.4 is 0 Å². The minimum Gasteiger partial charge on any atom is -0.402 e. The smallest absolute Gasteiger partial charge is 0.316 e. The molecule has 0 saturated carbocycles. The van der Waals surface area contributed by atoms with Gasteiger partial charge in [0.1, 0.15) is 0 Å². The molecule has 9 heteroatoms. The van der Waals surface area contributed by atoms with Crippen molar-refractivity contribution < 1.29 is 8.98 Å². The highest BCUT2D eigenvalue weighted by Crippen LogP contribution is 2.74. The molecule has 0 saturated heterocycles. The largest absolute Gasteiger partial charge is 0.402 e. The van der Waals surface area contributed by atoms with Gasteiger partial charge in [-0.05, 0) is 110 Å². The molecule has 0 amide bonds. The molecule has 0 N–H and O–H groups in total. The second kappa shape index (κ2) is 10.5. The van der Waals surface area contributed by atoms with Crippen LogP contribution in [0.4, 0.5) is 0 Å². The van der Waals surface area contributed by atoms with Crippen LogP contribution in [0.3, 0.4) is 0 Å². The third-order valence-corrected chi connectivity index (χ3v) is 12.0. The molecule has 0 heterocycles. The van der Waals surface area contributed by atoms with E-state index in [2.05, 4.69) is 95.6 Å². The number of hydrogen-bond acceptors (Lipinski definition) is 2. The van der Waals surface area contributed by atoms with Crippen LogP contribution in [-0.2, 0) is 8.98 Å². The average Bonchev–Trinajstić information content (AvgIpc) is 2.66. The van der Waals surface area contributed by atoms with Crippen molar-refractivity contribution in [2.45, 2.75) is 28.0 Å². The van der Waals surface area contributed by atoms with E-state index in [1.54, 1.807) is 6.92 Å². The Morgan fingerprint density at radius 3 is 1.53 bits per heavy atom. The summed E-state index contributed by atoms with van der Waals surface area (Å²) in [5, 5.41) is 0. The highest BCUT2D eigenvalue weighted by Gasteiger charge is 2.41. The second-order valence-corrected chi connectivity index (χ2v) is 13.9. The van der Waals surface area contributed by atoms with Crippen LogP contribution in [-0.4, -0.2) is 5.97 Å². The minimum absolute atomic E-state index is 0.263. The SMILES string of the molecule is CCC(=O)OS(c1ccccc1)(c1c(Br)cc(Br)cc1Br)c1c(Br)cc(Br)cc1Br. The van der Waals surface area contributed by atoms with Gasteiger partial charge in [0.25, 0.3) is 0 Å². The Bertz CT molecular complexity index is 1000. The predicted octanol–water partition coefficient (Wildman–Crippen LogP) is 10.4. The molecule has 0 atom stereocenters. The Kier molecular flexibility index (Phi) is 8.77. The first-order chi connectivity index (χ1) is 14.2. The van der Waals surface area contributed by atoms with E-state index in [1.807, 2.05) is 54.6 Å². The summed E-state index contributed by atoms with van der Waals surface area (Å²) in [5.74, 6) is -0.280. The van der Waals surface area contributed by atoms with Gasteiger partial charge in [0.15, 0.2) is 0 Å². The van der Waals surface area contributed by atoms with Crippen LogP contribution in [0.15, 0.2) is 96.1 Å². The molecule has 0 fully saturated rings. The van der Waals surface area contributed by atoms with Gasteiger partial charge < -0.3 is 4.18 Å². The Morgan fingerprint density at radius 1 is 0.767 bits per heavy atom. The molecular formula is C21H14Br6O2S. The van der Waals surface area contributed by atoms with E-state index in [1.165, 1.54) is 0 Å². The summed E-state index contributed by atoms with van der Waals surface area (Å²) in [6.07, 6.45) is 0.263. The first-order valence-electron chi connectivity index (χ1n) is 8.60. The summed E-state index contributed by atoms with van der Waals surface area (Å²) < 4.78 is 11.6. The van der Waals surface area contributed by atoms with Crippen LogP contribution in [0.25, 0.3) is 0 Å². The third-order valence-electron chi connectivity index (χ3n) is 4.08. The third kappa shape index (κ3) is 4.97. The number of hydrogen-bond donors (Lipinski definition) is 0. The van der Waals surface area contributed by atoms with Crippen molar-refractivity contribution in [2.75, 3.05) is 0 Å². The fraction of sp³-hybridized carbons (Fsp3) is 0.0952. The molecule has 3 aromatic rings. The fourth-order valence-electron chi connectivity index (χ4n) is 2.89. The lowest BCUT2D eigenvalue weighted by Gasteiger charge is -2.42. The van der Waals surface area contributed by atoms with Crippen LogP contribution in [0.5, 0.6) is 0 Å². The lowest BCUT2D eigenvalue weighted by atomic mass is 10.3. The molecule has 158 valence electrons. The van der Waals surface area contributed by atoms with Crippen LogP contribution in [0.1, 0.15) is 13.3 Å². The highest BCUT2D eigenvalue weighted by atomic mass is 79.9. The Morgan fingerprint density at radius 2 is 1.17 bits per heavy atom. The van der Waals surface area contributed by atoms with Gasteiger partial charge in [0.05, 0.1) is 9.79 Å². The summed E-state index contributed by atoms with van der Waals surface area (Å²) in [6, 6.07) is 17.7. The maximum Gasteiger partial charge on any atom is 0.316 e. The zero-order chi connectivity index (χ0) is 22.1. The van der Waals surface area contributed by atoms with Crippen LogP contribution in [0, 0.1) is 0 Å². The molecule has 2 nitrogen and oxygen atoms in total. The zero-order valence-electron chi connectivity index (χ0n) is 15.4. The number of halogens is 6. The van der Waals surface area contributed by atoms with E-state index in [-0.39, 0.29) is 12.4 Å². The van der Waals surface area contributed by atoms with Gasteiger partial charge in [0, 0.05) is 38.2 Å². The Balaban J connectivity index is 2.55. The molecular weight excluding hydrogens is 796 g/mol. The second-order valence-electron chi connectivity index (χ2n) is 6.08. The van der Waals surface area contributed by atoms with E-state index < -0.39 is 10.3 Å². The van der Waals surface area contributed by atoms with E-state index in [0.717, 1.165) is 41.5 Å². The van der Waals surface area contributed by atoms with Gasteiger partial charge in [-0.15, -0.1) is 0 Å². The van der Waals surface area contributed by atoms with Crippen molar-refractivity contribution in [3.05, 3.63) is 81.4 Å². The normalized spacial score (nSPS) is 12.0. The van der Waals surface area contributed by atoms with Gasteiger partial charge >= 0.3 is 5.97 Å². The summed E-state index contributed by atoms with van der Waals surface area (Å²) in [4.78, 5) is 15.5. The number of carbonyl (C=O) groups is 1. The van der Waals surface area contributed by atoms with Crippen molar-refractivity contribution >= 4 is 112 Å². The predicted molar refractivity (Wildman–Crippen MR) is 144 cm³/mol. The molecule has 0 radical (unpaired) electrons. The van der Waals surface area contributed by atoms with E-state index in [9.17, 15) is 4.79 Å². The maximum atomic E-state index is 12.8. The highest BCUT2D eigenvalue weighted by molar-refractivity contribution is 9.12. The molecule has 3 aromatic carbocycles.